The molecule has 0 bridgehead atoms. The van der Waals surface area contributed by atoms with E-state index in [1.54, 1.807) is 38.2 Å². The minimum Gasteiger partial charge on any atom is -0.491 e. The number of ether oxygens (including phenoxy) is 2. The summed E-state index contributed by atoms with van der Waals surface area (Å²) in [6.07, 6.45) is 3.72. The molecule has 0 aliphatic carbocycles. The van der Waals surface area contributed by atoms with Crippen LogP contribution in [0.4, 0.5) is 5.82 Å². The van der Waals surface area contributed by atoms with Crippen molar-refractivity contribution in [2.75, 3.05) is 18.5 Å². The van der Waals surface area contributed by atoms with E-state index >= 15 is 0 Å². The summed E-state index contributed by atoms with van der Waals surface area (Å²) in [6.45, 7) is 7.58. The molecule has 0 saturated carbocycles. The van der Waals surface area contributed by atoms with Crippen LogP contribution in [-0.4, -0.2) is 50.9 Å². The first-order valence-corrected chi connectivity index (χ1v) is 13.2. The largest absolute Gasteiger partial charge is 0.491 e. The van der Waals surface area contributed by atoms with Gasteiger partial charge in [0.05, 0.1) is 31.7 Å². The number of nitrogens with one attached hydrogen (secondary N) is 1. The molecule has 37 heavy (non-hydrogen) atoms. The second-order valence-corrected chi connectivity index (χ2v) is 9.87. The van der Waals surface area contributed by atoms with Crippen LogP contribution in [0.3, 0.4) is 0 Å². The van der Waals surface area contributed by atoms with Gasteiger partial charge in [0, 0.05) is 23.9 Å². The van der Waals surface area contributed by atoms with Crippen molar-refractivity contribution < 1.29 is 32.7 Å². The molecule has 1 aromatic carbocycles. The van der Waals surface area contributed by atoms with Crippen molar-refractivity contribution in [1.82, 2.24) is 19.7 Å². The maximum absolute atomic E-state index is 13.0. The summed E-state index contributed by atoms with van der Waals surface area (Å²) in [5.74, 6) is -0.243. The van der Waals surface area contributed by atoms with E-state index in [0.29, 0.717) is 5.75 Å². The highest BCUT2D eigenvalue weighted by molar-refractivity contribution is 7.52. The Balaban J connectivity index is 1.78. The zero-order valence-corrected chi connectivity index (χ0v) is 21.8. The number of nitrogens with zero attached hydrogens (tertiary/aromatic N) is 4. The summed E-state index contributed by atoms with van der Waals surface area (Å²) in [6, 6.07) is 6.19. The molecule has 3 N–H and O–H groups in total. The van der Waals surface area contributed by atoms with Gasteiger partial charge in [0.2, 0.25) is 5.88 Å². The normalized spacial score (nSPS) is 11.4. The lowest BCUT2D eigenvalue weighted by Crippen LogP contribution is -2.14. The van der Waals surface area contributed by atoms with E-state index < -0.39 is 19.4 Å². The van der Waals surface area contributed by atoms with Crippen molar-refractivity contribution in [3.63, 3.8) is 0 Å². The van der Waals surface area contributed by atoms with E-state index in [-0.39, 0.29) is 54.3 Å². The molecule has 3 aromatic rings. The second kappa shape index (κ2) is 12.4. The molecule has 3 rings (SSSR count). The Bertz CT molecular complexity index is 1270. The lowest BCUT2D eigenvalue weighted by molar-refractivity contribution is 0.0992. The molecule has 0 aliphatic rings. The minimum atomic E-state index is -3.37. The molecule has 0 spiro atoms. The standard InChI is InChI=1S/C23H29N6O7P/c1-5-33-37(32,34-6-2)14-29-8-7-20(28-29)27-23(31)16-9-17(35-15(3)4)11-18(10-16)36-21-13-25-19(12-26-21)22(24)30/h7-13,15H,5-6,14H2,1-4H3,(H2,24,30)(H,27,28,31). The van der Waals surface area contributed by atoms with Gasteiger partial charge >= 0.3 is 7.60 Å². The third-order valence-corrected chi connectivity index (χ3v) is 6.41. The van der Waals surface area contributed by atoms with E-state index in [0.717, 1.165) is 0 Å². The molecule has 0 unspecified atom stereocenters. The quantitative estimate of drug-likeness (QED) is 0.308. The molecule has 0 saturated heterocycles. The highest BCUT2D eigenvalue weighted by Crippen LogP contribution is 2.49. The van der Waals surface area contributed by atoms with Crippen LogP contribution >= 0.6 is 7.60 Å². The number of primary amides is 1. The van der Waals surface area contributed by atoms with Crippen LogP contribution in [0.1, 0.15) is 48.5 Å². The maximum Gasteiger partial charge on any atom is 0.351 e. The van der Waals surface area contributed by atoms with Gasteiger partial charge in [-0.25, -0.2) is 9.97 Å². The van der Waals surface area contributed by atoms with Gasteiger partial charge in [-0.1, -0.05) is 0 Å². The Kier molecular flexibility index (Phi) is 9.34. The van der Waals surface area contributed by atoms with E-state index in [9.17, 15) is 14.2 Å². The van der Waals surface area contributed by atoms with Crippen molar-refractivity contribution in [3.8, 4) is 17.4 Å². The molecule has 0 aliphatic heterocycles. The monoisotopic (exact) mass is 532 g/mol. The van der Waals surface area contributed by atoms with Gasteiger partial charge in [0.15, 0.2) is 5.82 Å². The molecule has 0 fully saturated rings. The maximum atomic E-state index is 13.0. The molecular weight excluding hydrogens is 503 g/mol. The number of hydrogen-bond donors (Lipinski definition) is 2. The molecule has 2 heterocycles. The van der Waals surface area contributed by atoms with Gasteiger partial charge in [-0.05, 0) is 39.8 Å². The van der Waals surface area contributed by atoms with Crippen molar-refractivity contribution in [2.45, 2.75) is 40.1 Å². The molecule has 2 aromatic heterocycles. The molecule has 2 amide bonds. The Labute approximate surface area is 213 Å². The Hall–Kier alpha value is -3.80. The Morgan fingerprint density at radius 3 is 2.38 bits per heavy atom. The van der Waals surface area contributed by atoms with Gasteiger partial charge in [-0.3, -0.25) is 18.8 Å². The Morgan fingerprint density at radius 1 is 1.08 bits per heavy atom. The molecule has 0 atom stereocenters. The third-order valence-electron chi connectivity index (χ3n) is 4.47. The zero-order valence-electron chi connectivity index (χ0n) is 20.9. The van der Waals surface area contributed by atoms with Gasteiger partial charge in [0.25, 0.3) is 11.8 Å². The summed E-state index contributed by atoms with van der Waals surface area (Å²) in [5.41, 5.74) is 5.39. The number of hydrogen-bond acceptors (Lipinski definition) is 10. The van der Waals surface area contributed by atoms with E-state index in [4.69, 9.17) is 24.3 Å². The smallest absolute Gasteiger partial charge is 0.351 e. The lowest BCUT2D eigenvalue weighted by Gasteiger charge is -2.16. The van der Waals surface area contributed by atoms with Crippen molar-refractivity contribution in [3.05, 3.63) is 54.1 Å². The Morgan fingerprint density at radius 2 is 1.78 bits per heavy atom. The van der Waals surface area contributed by atoms with Crippen LogP contribution in [0.25, 0.3) is 0 Å². The van der Waals surface area contributed by atoms with Crippen LogP contribution in [0, 0.1) is 0 Å². The fourth-order valence-electron chi connectivity index (χ4n) is 3.10. The zero-order chi connectivity index (χ0) is 27.0. The number of benzene rings is 1. The highest BCUT2D eigenvalue weighted by atomic mass is 31.2. The van der Waals surface area contributed by atoms with Crippen molar-refractivity contribution in [2.24, 2.45) is 5.73 Å². The average molecular weight is 532 g/mol. The van der Waals surface area contributed by atoms with Gasteiger partial charge in [0.1, 0.15) is 23.5 Å². The summed E-state index contributed by atoms with van der Waals surface area (Å²) < 4.78 is 36.2. The first-order valence-electron chi connectivity index (χ1n) is 11.4. The topological polar surface area (TPSA) is 170 Å². The first-order chi connectivity index (χ1) is 17.6. The van der Waals surface area contributed by atoms with Gasteiger partial charge < -0.3 is 29.6 Å². The minimum absolute atomic E-state index is 0.0115. The lowest BCUT2D eigenvalue weighted by atomic mass is 10.2. The fourth-order valence-corrected chi connectivity index (χ4v) is 4.64. The van der Waals surface area contributed by atoms with Crippen molar-refractivity contribution >= 4 is 25.2 Å². The van der Waals surface area contributed by atoms with Crippen LogP contribution in [0.5, 0.6) is 17.4 Å². The molecule has 14 heteroatoms. The van der Waals surface area contributed by atoms with E-state index in [1.807, 2.05) is 13.8 Å². The summed E-state index contributed by atoms with van der Waals surface area (Å²) in [4.78, 5) is 32.1. The summed E-state index contributed by atoms with van der Waals surface area (Å²) >= 11 is 0. The third kappa shape index (κ3) is 8.10. The van der Waals surface area contributed by atoms with Crippen molar-refractivity contribution in [1.29, 1.82) is 0 Å². The van der Waals surface area contributed by atoms with E-state index in [1.165, 1.54) is 23.1 Å². The SMILES string of the molecule is CCOP(=O)(Cn1ccc(NC(=O)c2cc(Oc3cnc(C(N)=O)cn3)cc(OC(C)C)c2)n1)OCC. The number of anilines is 1. The van der Waals surface area contributed by atoms with Crippen LogP contribution < -0.4 is 20.5 Å². The predicted octanol–water partition coefficient (Wildman–Crippen LogP) is 3.83. The number of rotatable bonds is 13. The predicted molar refractivity (Wildman–Crippen MR) is 134 cm³/mol. The van der Waals surface area contributed by atoms with Crippen LogP contribution in [-0.2, 0) is 19.9 Å². The number of carbonyl (C=O) groups excluding carboxylic acids is 2. The highest BCUT2D eigenvalue weighted by Gasteiger charge is 2.25. The number of nitrogens with two attached hydrogens (primary N) is 1. The van der Waals surface area contributed by atoms with Crippen LogP contribution in [0.2, 0.25) is 0 Å². The summed E-state index contributed by atoms with van der Waals surface area (Å²) in [7, 11) is -3.37. The first kappa shape index (κ1) is 27.8. The van der Waals surface area contributed by atoms with E-state index in [2.05, 4.69) is 20.4 Å². The van der Waals surface area contributed by atoms with Crippen LogP contribution in [0.15, 0.2) is 42.9 Å². The average Bonchev–Trinajstić information content (AvgIpc) is 3.25. The second-order valence-electron chi connectivity index (χ2n) is 7.85. The molecule has 198 valence electrons. The molecule has 0 radical (unpaired) electrons. The number of carbonyl (C=O) groups is 2. The molecular formula is C23H29N6O7P. The molecule has 13 nitrogen and oxygen atoms in total. The fraction of sp³-hybridized carbons (Fsp3) is 0.348. The summed E-state index contributed by atoms with van der Waals surface area (Å²) in [5, 5.41) is 6.93. The number of amides is 2. The van der Waals surface area contributed by atoms with Gasteiger partial charge in [-0.15, -0.1) is 0 Å². The number of aromatic nitrogens is 4. The van der Waals surface area contributed by atoms with Gasteiger partial charge in [-0.2, -0.15) is 5.10 Å².